The van der Waals surface area contributed by atoms with E-state index in [1.807, 2.05) is 24.3 Å². The first-order valence-electron chi connectivity index (χ1n) is 5.16. The van der Waals surface area contributed by atoms with Crippen LogP contribution in [-0.2, 0) is 0 Å². The van der Waals surface area contributed by atoms with Crippen molar-refractivity contribution in [2.75, 3.05) is 0 Å². The second-order valence-corrected chi connectivity index (χ2v) is 6.01. The van der Waals surface area contributed by atoms with Crippen LogP contribution in [0.15, 0.2) is 45.6 Å². The predicted molar refractivity (Wildman–Crippen MR) is 80.2 cm³/mol. The number of phenols is 1. The van der Waals surface area contributed by atoms with E-state index >= 15 is 0 Å². The second-order valence-electron chi connectivity index (χ2n) is 3.79. The van der Waals surface area contributed by atoms with Gasteiger partial charge in [-0.3, -0.25) is 0 Å². The van der Waals surface area contributed by atoms with Crippen LogP contribution in [0.1, 0.15) is 0 Å². The number of rotatable bonds is 1. The number of fused-ring (bicyclic) bond motifs is 1. The molecule has 0 unspecified atom stereocenters. The average molecular weight is 370 g/mol. The van der Waals surface area contributed by atoms with Crippen molar-refractivity contribution in [1.82, 2.24) is 0 Å². The van der Waals surface area contributed by atoms with Gasteiger partial charge < -0.3 is 9.52 Å². The standard InChI is InChI=1S/C13H7IO3S/c14-8-3-1-2-7(4-8)10-5-9(15)6-11-12(10)17-13(16)18-11/h1-6,15H. The van der Waals surface area contributed by atoms with Gasteiger partial charge >= 0.3 is 4.94 Å². The van der Waals surface area contributed by atoms with Crippen LogP contribution in [0, 0.1) is 3.57 Å². The highest BCUT2D eigenvalue weighted by Crippen LogP contribution is 2.34. The third-order valence-electron chi connectivity index (χ3n) is 2.55. The first kappa shape index (κ1) is 11.7. The number of hydrogen-bond donors (Lipinski definition) is 1. The SMILES string of the molecule is O=c1oc2c(-c3cccc(I)c3)cc(O)cc2s1. The smallest absolute Gasteiger partial charge is 0.396 e. The minimum atomic E-state index is -0.359. The highest BCUT2D eigenvalue weighted by molar-refractivity contribution is 14.1. The van der Waals surface area contributed by atoms with Crippen LogP contribution in [-0.4, -0.2) is 5.11 Å². The molecule has 0 aliphatic heterocycles. The maximum absolute atomic E-state index is 11.3. The molecular formula is C13H7IO3S. The van der Waals surface area contributed by atoms with Crippen LogP contribution in [0.2, 0.25) is 0 Å². The Labute approximate surface area is 120 Å². The van der Waals surface area contributed by atoms with E-state index < -0.39 is 0 Å². The number of benzene rings is 2. The maximum atomic E-state index is 11.3. The Balaban J connectivity index is 2.37. The molecule has 0 saturated heterocycles. The summed E-state index contributed by atoms with van der Waals surface area (Å²) in [6.07, 6.45) is 0. The second kappa shape index (κ2) is 4.40. The van der Waals surface area contributed by atoms with Crippen molar-refractivity contribution in [2.24, 2.45) is 0 Å². The van der Waals surface area contributed by atoms with E-state index in [1.165, 1.54) is 0 Å². The Morgan fingerprint density at radius 3 is 2.83 bits per heavy atom. The molecule has 3 aromatic rings. The summed E-state index contributed by atoms with van der Waals surface area (Å²) in [5.74, 6) is 0.133. The average Bonchev–Trinajstić information content (AvgIpc) is 2.68. The van der Waals surface area contributed by atoms with Crippen LogP contribution in [0.5, 0.6) is 5.75 Å². The summed E-state index contributed by atoms with van der Waals surface area (Å²) in [6, 6.07) is 11.0. The monoisotopic (exact) mass is 370 g/mol. The summed E-state index contributed by atoms with van der Waals surface area (Å²) in [4.78, 5) is 11.0. The first-order valence-corrected chi connectivity index (χ1v) is 7.05. The molecule has 3 nitrogen and oxygen atoms in total. The van der Waals surface area contributed by atoms with Crippen LogP contribution >= 0.6 is 33.9 Å². The minimum Gasteiger partial charge on any atom is -0.508 e. The van der Waals surface area contributed by atoms with Gasteiger partial charge in [0.15, 0.2) is 5.58 Å². The fourth-order valence-electron chi connectivity index (χ4n) is 1.83. The molecule has 0 amide bonds. The molecule has 1 heterocycles. The van der Waals surface area contributed by atoms with Gasteiger partial charge in [0.1, 0.15) is 5.75 Å². The summed E-state index contributed by atoms with van der Waals surface area (Å²) in [6.45, 7) is 0. The van der Waals surface area contributed by atoms with Crippen LogP contribution in [0.3, 0.4) is 0 Å². The lowest BCUT2D eigenvalue weighted by Crippen LogP contribution is -1.83. The van der Waals surface area contributed by atoms with E-state index in [9.17, 15) is 9.90 Å². The number of hydrogen-bond acceptors (Lipinski definition) is 4. The molecule has 1 aromatic heterocycles. The molecule has 90 valence electrons. The maximum Gasteiger partial charge on any atom is 0.396 e. The number of phenolic OH excluding ortho intramolecular Hbond substituents is 1. The highest BCUT2D eigenvalue weighted by atomic mass is 127. The van der Waals surface area contributed by atoms with E-state index in [0.29, 0.717) is 10.3 Å². The highest BCUT2D eigenvalue weighted by Gasteiger charge is 2.12. The van der Waals surface area contributed by atoms with E-state index in [0.717, 1.165) is 26.0 Å². The lowest BCUT2D eigenvalue weighted by atomic mass is 10.1. The summed E-state index contributed by atoms with van der Waals surface area (Å²) in [7, 11) is 0. The van der Waals surface area contributed by atoms with Gasteiger partial charge in [0, 0.05) is 15.2 Å². The molecule has 5 heteroatoms. The summed E-state index contributed by atoms with van der Waals surface area (Å²) >= 11 is 3.21. The quantitative estimate of drug-likeness (QED) is 0.663. The molecule has 0 aliphatic carbocycles. The van der Waals surface area contributed by atoms with Crippen LogP contribution in [0.25, 0.3) is 21.4 Å². The molecule has 0 spiro atoms. The van der Waals surface area contributed by atoms with Gasteiger partial charge in [-0.15, -0.1) is 0 Å². The molecule has 0 radical (unpaired) electrons. The lowest BCUT2D eigenvalue weighted by Gasteiger charge is -2.03. The van der Waals surface area contributed by atoms with Crippen molar-refractivity contribution >= 4 is 44.2 Å². The van der Waals surface area contributed by atoms with Crippen molar-refractivity contribution in [3.63, 3.8) is 0 Å². The van der Waals surface area contributed by atoms with Crippen LogP contribution in [0.4, 0.5) is 0 Å². The largest absolute Gasteiger partial charge is 0.508 e. The van der Waals surface area contributed by atoms with Crippen molar-refractivity contribution < 1.29 is 9.52 Å². The number of aromatic hydroxyl groups is 1. The number of halogens is 1. The van der Waals surface area contributed by atoms with Gasteiger partial charge in [-0.25, -0.2) is 4.79 Å². The third kappa shape index (κ3) is 2.04. The fourth-order valence-corrected chi connectivity index (χ4v) is 3.10. The van der Waals surface area contributed by atoms with Gasteiger partial charge in [0.2, 0.25) is 0 Å². The van der Waals surface area contributed by atoms with Gasteiger partial charge in [0.05, 0.1) is 4.70 Å². The Kier molecular flexibility index (Phi) is 2.87. The fraction of sp³-hybridized carbons (Fsp3) is 0. The van der Waals surface area contributed by atoms with E-state index in [1.54, 1.807) is 12.1 Å². The minimum absolute atomic E-state index is 0.133. The van der Waals surface area contributed by atoms with Gasteiger partial charge in [-0.2, -0.15) is 0 Å². The van der Waals surface area contributed by atoms with Crippen molar-refractivity contribution in [1.29, 1.82) is 0 Å². The van der Waals surface area contributed by atoms with E-state index in [2.05, 4.69) is 22.6 Å². The van der Waals surface area contributed by atoms with Crippen LogP contribution < -0.4 is 4.94 Å². The molecule has 18 heavy (non-hydrogen) atoms. The van der Waals surface area contributed by atoms with Crippen molar-refractivity contribution in [2.45, 2.75) is 0 Å². The molecule has 1 N–H and O–H groups in total. The molecule has 3 rings (SSSR count). The van der Waals surface area contributed by atoms with Gasteiger partial charge in [-0.1, -0.05) is 23.5 Å². The normalized spacial score (nSPS) is 10.9. The Bertz CT molecular complexity index is 788. The summed E-state index contributed by atoms with van der Waals surface area (Å²) in [5, 5.41) is 9.71. The molecule has 2 aromatic carbocycles. The summed E-state index contributed by atoms with van der Waals surface area (Å²) in [5.41, 5.74) is 2.19. The van der Waals surface area contributed by atoms with Gasteiger partial charge in [0.25, 0.3) is 0 Å². The van der Waals surface area contributed by atoms with Crippen molar-refractivity contribution in [3.05, 3.63) is 49.7 Å². The topological polar surface area (TPSA) is 50.4 Å². The zero-order valence-corrected chi connectivity index (χ0v) is 12.0. The first-order chi connectivity index (χ1) is 8.63. The molecular weight excluding hydrogens is 363 g/mol. The van der Waals surface area contributed by atoms with Crippen molar-refractivity contribution in [3.8, 4) is 16.9 Å². The molecule has 0 atom stereocenters. The molecule has 0 fully saturated rings. The molecule has 0 saturated carbocycles. The predicted octanol–water partition coefficient (Wildman–Crippen LogP) is 3.83. The molecule has 0 bridgehead atoms. The Hall–Kier alpha value is -1.34. The zero-order chi connectivity index (χ0) is 12.7. The lowest BCUT2D eigenvalue weighted by molar-refractivity contribution is 0.476. The van der Waals surface area contributed by atoms with E-state index in [4.69, 9.17) is 4.42 Å². The Morgan fingerprint density at radius 2 is 2.06 bits per heavy atom. The molecule has 0 aliphatic rings. The van der Waals surface area contributed by atoms with Gasteiger partial charge in [-0.05, 0) is 46.4 Å². The third-order valence-corrected chi connectivity index (χ3v) is 4.00. The van der Waals surface area contributed by atoms with E-state index in [-0.39, 0.29) is 10.7 Å². The zero-order valence-electron chi connectivity index (χ0n) is 9.01. The summed E-state index contributed by atoms with van der Waals surface area (Å²) < 4.78 is 6.94. The Morgan fingerprint density at radius 1 is 1.22 bits per heavy atom.